The van der Waals surface area contributed by atoms with Gasteiger partial charge in [-0.3, -0.25) is 9.59 Å². The Hall–Kier alpha value is -1.07. The summed E-state index contributed by atoms with van der Waals surface area (Å²) in [6.45, 7) is 0. The van der Waals surface area contributed by atoms with E-state index in [0.717, 1.165) is 17.3 Å². The highest BCUT2D eigenvalue weighted by Crippen LogP contribution is 2.32. The summed E-state index contributed by atoms with van der Waals surface area (Å²) in [6.07, 6.45) is 2.55. The Morgan fingerprint density at radius 2 is 2.00 bits per heavy atom. The molecule has 2 rings (SSSR count). The molecule has 1 saturated carbocycles. The molecule has 0 radical (unpaired) electrons. The molecule has 108 valence electrons. The second-order valence-corrected chi connectivity index (χ2v) is 6.30. The molecule has 20 heavy (non-hydrogen) atoms. The Morgan fingerprint density at radius 1 is 1.30 bits per heavy atom. The van der Waals surface area contributed by atoms with Crippen LogP contribution in [-0.4, -0.2) is 17.0 Å². The smallest absolute Gasteiger partial charge is 0.306 e. The zero-order valence-electron chi connectivity index (χ0n) is 10.7. The number of hydrogen-bond donors (Lipinski definition) is 2. The SMILES string of the molecule is O=C(O)C1CCCC(C(=O)Nc2cc(Cl)ccc2Br)C1. The third kappa shape index (κ3) is 3.73. The van der Waals surface area contributed by atoms with Gasteiger partial charge < -0.3 is 10.4 Å². The molecule has 2 N–H and O–H groups in total. The molecule has 2 unspecified atom stereocenters. The topological polar surface area (TPSA) is 66.4 Å². The van der Waals surface area contributed by atoms with Crippen molar-refractivity contribution in [3.05, 3.63) is 27.7 Å². The van der Waals surface area contributed by atoms with Crippen LogP contribution >= 0.6 is 27.5 Å². The Morgan fingerprint density at radius 3 is 2.70 bits per heavy atom. The van der Waals surface area contributed by atoms with E-state index in [0.29, 0.717) is 23.6 Å². The van der Waals surface area contributed by atoms with Crippen LogP contribution in [0.3, 0.4) is 0 Å². The minimum Gasteiger partial charge on any atom is -0.481 e. The zero-order valence-corrected chi connectivity index (χ0v) is 13.1. The van der Waals surface area contributed by atoms with Crippen LogP contribution in [0.15, 0.2) is 22.7 Å². The summed E-state index contributed by atoms with van der Waals surface area (Å²) in [5.41, 5.74) is 0.611. The number of hydrogen-bond acceptors (Lipinski definition) is 2. The van der Waals surface area contributed by atoms with E-state index in [1.165, 1.54) is 0 Å². The lowest BCUT2D eigenvalue weighted by Crippen LogP contribution is -2.31. The summed E-state index contributed by atoms with van der Waals surface area (Å²) in [5, 5.41) is 12.4. The molecule has 1 fully saturated rings. The first-order valence-corrected chi connectivity index (χ1v) is 7.63. The van der Waals surface area contributed by atoms with Crippen molar-refractivity contribution in [2.24, 2.45) is 11.8 Å². The van der Waals surface area contributed by atoms with E-state index in [-0.39, 0.29) is 11.8 Å². The number of amides is 1. The lowest BCUT2D eigenvalue weighted by atomic mass is 9.81. The molecule has 1 amide bonds. The summed E-state index contributed by atoms with van der Waals surface area (Å²) in [5.74, 6) is -1.62. The Balaban J connectivity index is 2.04. The van der Waals surface area contributed by atoms with Crippen molar-refractivity contribution >= 4 is 45.1 Å². The van der Waals surface area contributed by atoms with Crippen LogP contribution in [0.2, 0.25) is 5.02 Å². The molecule has 6 heteroatoms. The van der Waals surface area contributed by atoms with Gasteiger partial charge in [0, 0.05) is 15.4 Å². The first-order chi connectivity index (χ1) is 9.47. The molecule has 1 aromatic carbocycles. The van der Waals surface area contributed by atoms with Gasteiger partial charge in [-0.2, -0.15) is 0 Å². The highest BCUT2D eigenvalue weighted by molar-refractivity contribution is 9.10. The Labute approximate surface area is 130 Å². The van der Waals surface area contributed by atoms with Gasteiger partial charge in [0.05, 0.1) is 11.6 Å². The first kappa shape index (κ1) is 15.3. The molecule has 2 atom stereocenters. The maximum Gasteiger partial charge on any atom is 0.306 e. The van der Waals surface area contributed by atoms with E-state index in [9.17, 15) is 9.59 Å². The predicted octanol–water partition coefficient (Wildman–Crippen LogP) is 3.93. The fraction of sp³-hybridized carbons (Fsp3) is 0.429. The van der Waals surface area contributed by atoms with Crippen molar-refractivity contribution < 1.29 is 14.7 Å². The highest BCUT2D eigenvalue weighted by Gasteiger charge is 2.31. The summed E-state index contributed by atoms with van der Waals surface area (Å²) in [4.78, 5) is 23.3. The van der Waals surface area contributed by atoms with E-state index >= 15 is 0 Å². The summed E-state index contributed by atoms with van der Waals surface area (Å²) in [6, 6.07) is 5.16. The quantitative estimate of drug-likeness (QED) is 0.858. The number of carboxylic acid groups (broad SMARTS) is 1. The fourth-order valence-corrected chi connectivity index (χ4v) is 3.00. The van der Waals surface area contributed by atoms with Gasteiger partial charge in [0.1, 0.15) is 0 Å². The Kier molecular flexibility index (Phi) is 5.05. The molecule has 0 bridgehead atoms. The normalized spacial score (nSPS) is 22.3. The molecule has 4 nitrogen and oxygen atoms in total. The maximum atomic E-state index is 12.2. The fourth-order valence-electron chi connectivity index (χ4n) is 2.48. The largest absolute Gasteiger partial charge is 0.481 e. The van der Waals surface area contributed by atoms with Crippen LogP contribution in [0.4, 0.5) is 5.69 Å². The number of anilines is 1. The number of nitrogens with one attached hydrogen (secondary N) is 1. The van der Waals surface area contributed by atoms with E-state index in [1.807, 2.05) is 0 Å². The van der Waals surface area contributed by atoms with Gasteiger partial charge in [-0.15, -0.1) is 0 Å². The maximum absolute atomic E-state index is 12.2. The van der Waals surface area contributed by atoms with Crippen LogP contribution in [0.5, 0.6) is 0 Å². The number of rotatable bonds is 3. The van der Waals surface area contributed by atoms with Crippen LogP contribution in [0.25, 0.3) is 0 Å². The van der Waals surface area contributed by atoms with E-state index in [1.54, 1.807) is 18.2 Å². The molecule has 1 aromatic rings. The molecular weight excluding hydrogens is 346 g/mol. The van der Waals surface area contributed by atoms with E-state index in [2.05, 4.69) is 21.2 Å². The standard InChI is InChI=1S/C14H15BrClNO3/c15-11-5-4-10(16)7-12(11)17-13(18)8-2-1-3-9(6-8)14(19)20/h4-5,7-9H,1-3,6H2,(H,17,18)(H,19,20). The van der Waals surface area contributed by atoms with Crippen LogP contribution in [0, 0.1) is 11.8 Å². The number of halogens is 2. The van der Waals surface area contributed by atoms with E-state index in [4.69, 9.17) is 16.7 Å². The van der Waals surface area contributed by atoms with Gasteiger partial charge in [0.15, 0.2) is 0 Å². The second kappa shape index (κ2) is 6.59. The summed E-state index contributed by atoms with van der Waals surface area (Å²) in [7, 11) is 0. The third-order valence-corrected chi connectivity index (χ3v) is 4.51. The lowest BCUT2D eigenvalue weighted by molar-refractivity contribution is -0.143. The first-order valence-electron chi connectivity index (χ1n) is 6.46. The molecule has 1 aliphatic carbocycles. The van der Waals surface area contributed by atoms with E-state index < -0.39 is 11.9 Å². The number of carbonyl (C=O) groups excluding carboxylic acids is 1. The van der Waals surface area contributed by atoms with Gasteiger partial charge in [0.2, 0.25) is 5.91 Å². The highest BCUT2D eigenvalue weighted by atomic mass is 79.9. The number of benzene rings is 1. The van der Waals surface area contributed by atoms with Gasteiger partial charge in [-0.05, 0) is 53.4 Å². The van der Waals surface area contributed by atoms with Crippen molar-refractivity contribution in [2.75, 3.05) is 5.32 Å². The predicted molar refractivity (Wildman–Crippen MR) is 80.9 cm³/mol. The van der Waals surface area contributed by atoms with Crippen molar-refractivity contribution in [3.8, 4) is 0 Å². The lowest BCUT2D eigenvalue weighted by Gasteiger charge is -2.25. The zero-order chi connectivity index (χ0) is 14.7. The molecule has 0 aliphatic heterocycles. The minimum atomic E-state index is -0.813. The van der Waals surface area contributed by atoms with Crippen molar-refractivity contribution in [1.29, 1.82) is 0 Å². The molecular formula is C14H15BrClNO3. The van der Waals surface area contributed by atoms with Crippen LogP contribution < -0.4 is 5.32 Å². The Bertz CT molecular complexity index is 535. The summed E-state index contributed by atoms with van der Waals surface area (Å²) < 4.78 is 0.751. The molecule has 0 heterocycles. The van der Waals surface area contributed by atoms with Gasteiger partial charge >= 0.3 is 5.97 Å². The monoisotopic (exact) mass is 359 g/mol. The average Bonchev–Trinajstić information content (AvgIpc) is 2.43. The van der Waals surface area contributed by atoms with Gasteiger partial charge in [-0.25, -0.2) is 0 Å². The molecule has 0 spiro atoms. The molecule has 0 saturated heterocycles. The van der Waals surface area contributed by atoms with Gasteiger partial charge in [-0.1, -0.05) is 18.0 Å². The second-order valence-electron chi connectivity index (χ2n) is 5.01. The minimum absolute atomic E-state index is 0.140. The van der Waals surface area contributed by atoms with Crippen LogP contribution in [0.1, 0.15) is 25.7 Å². The van der Waals surface area contributed by atoms with Crippen LogP contribution in [-0.2, 0) is 9.59 Å². The van der Waals surface area contributed by atoms with Gasteiger partial charge in [0.25, 0.3) is 0 Å². The average molecular weight is 361 g/mol. The number of carbonyl (C=O) groups is 2. The molecule has 1 aliphatic rings. The van der Waals surface area contributed by atoms with Crippen molar-refractivity contribution in [3.63, 3.8) is 0 Å². The van der Waals surface area contributed by atoms with Crippen molar-refractivity contribution in [1.82, 2.24) is 0 Å². The molecule has 0 aromatic heterocycles. The number of aliphatic carboxylic acids is 1. The summed E-state index contributed by atoms with van der Waals surface area (Å²) >= 11 is 9.25. The number of carboxylic acids is 1. The van der Waals surface area contributed by atoms with Crippen molar-refractivity contribution in [2.45, 2.75) is 25.7 Å². The third-order valence-electron chi connectivity index (χ3n) is 3.58.